The van der Waals surface area contributed by atoms with E-state index in [0.717, 1.165) is 31.2 Å². The molecule has 0 spiro atoms. The van der Waals surface area contributed by atoms with Gasteiger partial charge in [0.2, 0.25) is 10.0 Å². The van der Waals surface area contributed by atoms with Crippen molar-refractivity contribution < 1.29 is 8.42 Å². The molecule has 0 bridgehead atoms. The third-order valence-electron chi connectivity index (χ3n) is 3.27. The summed E-state index contributed by atoms with van der Waals surface area (Å²) >= 11 is 0. The maximum absolute atomic E-state index is 12.2. The first-order valence-electron chi connectivity index (χ1n) is 6.38. The second-order valence-electron chi connectivity index (χ2n) is 4.78. The predicted molar refractivity (Wildman–Crippen MR) is 71.8 cm³/mol. The summed E-state index contributed by atoms with van der Waals surface area (Å²) in [6.45, 7) is 0.673. The molecule has 18 heavy (non-hydrogen) atoms. The average molecular weight is 268 g/mol. The summed E-state index contributed by atoms with van der Waals surface area (Å²) in [5.74, 6) is 0. The first-order valence-corrected chi connectivity index (χ1v) is 7.86. The Bertz CT molecular complexity index is 493. The van der Waals surface area contributed by atoms with Crippen LogP contribution in [0.3, 0.4) is 0 Å². The number of benzene rings is 1. The smallest absolute Gasteiger partial charge is 0.240 e. The van der Waals surface area contributed by atoms with Crippen molar-refractivity contribution in [3.05, 3.63) is 29.8 Å². The van der Waals surface area contributed by atoms with Crippen molar-refractivity contribution in [2.24, 2.45) is 0 Å². The van der Waals surface area contributed by atoms with E-state index < -0.39 is 10.0 Å². The van der Waals surface area contributed by atoms with Crippen molar-refractivity contribution in [3.8, 4) is 0 Å². The summed E-state index contributed by atoms with van der Waals surface area (Å²) in [5.41, 5.74) is 0.979. The van der Waals surface area contributed by atoms with E-state index >= 15 is 0 Å². The van der Waals surface area contributed by atoms with E-state index in [1.807, 2.05) is 13.1 Å². The zero-order chi connectivity index (χ0) is 13.0. The van der Waals surface area contributed by atoms with Gasteiger partial charge in [0.1, 0.15) is 0 Å². The van der Waals surface area contributed by atoms with Gasteiger partial charge in [-0.2, -0.15) is 0 Å². The van der Waals surface area contributed by atoms with Crippen LogP contribution in [0.1, 0.15) is 31.2 Å². The van der Waals surface area contributed by atoms with Gasteiger partial charge in [0.25, 0.3) is 0 Å². The normalized spacial score (nSPS) is 17.2. The highest BCUT2D eigenvalue weighted by Gasteiger charge is 2.22. The maximum Gasteiger partial charge on any atom is 0.240 e. The molecule has 1 saturated carbocycles. The Morgan fingerprint density at radius 2 is 2.00 bits per heavy atom. The molecule has 0 amide bonds. The lowest BCUT2D eigenvalue weighted by Gasteiger charge is -2.13. The molecule has 0 atom stereocenters. The van der Waals surface area contributed by atoms with Gasteiger partial charge in [-0.3, -0.25) is 0 Å². The second kappa shape index (κ2) is 5.82. The summed E-state index contributed by atoms with van der Waals surface area (Å²) in [4.78, 5) is 0.363. The van der Waals surface area contributed by atoms with E-state index in [1.165, 1.54) is 0 Å². The third-order valence-corrected chi connectivity index (χ3v) is 4.78. The molecule has 1 fully saturated rings. The summed E-state index contributed by atoms with van der Waals surface area (Å²) in [7, 11) is -1.52. The van der Waals surface area contributed by atoms with Gasteiger partial charge < -0.3 is 5.32 Å². The monoisotopic (exact) mass is 268 g/mol. The van der Waals surface area contributed by atoms with E-state index in [9.17, 15) is 8.42 Å². The minimum Gasteiger partial charge on any atom is -0.316 e. The molecule has 0 heterocycles. The van der Waals surface area contributed by atoms with Crippen LogP contribution in [0, 0.1) is 0 Å². The van der Waals surface area contributed by atoms with Crippen LogP contribution in [0.15, 0.2) is 29.2 Å². The average Bonchev–Trinajstić information content (AvgIpc) is 2.82. The number of sulfonamides is 1. The largest absolute Gasteiger partial charge is 0.316 e. The number of nitrogens with one attached hydrogen (secondary N) is 2. The highest BCUT2D eigenvalue weighted by atomic mass is 32.2. The van der Waals surface area contributed by atoms with Crippen molar-refractivity contribution in [1.82, 2.24) is 10.0 Å². The summed E-state index contributed by atoms with van der Waals surface area (Å²) in [6.07, 6.45) is 4.14. The standard InChI is InChI=1S/C13H20N2O2S/c1-14-10-11-5-4-8-13(9-11)18(16,17)15-12-6-2-3-7-12/h4-5,8-9,12,14-15H,2-3,6-7,10H2,1H3. The van der Waals surface area contributed by atoms with Crippen LogP contribution in [-0.4, -0.2) is 21.5 Å². The Hall–Kier alpha value is -0.910. The highest BCUT2D eigenvalue weighted by Crippen LogP contribution is 2.20. The van der Waals surface area contributed by atoms with E-state index in [2.05, 4.69) is 10.0 Å². The van der Waals surface area contributed by atoms with E-state index in [-0.39, 0.29) is 6.04 Å². The molecule has 1 aliphatic rings. The number of hydrogen-bond donors (Lipinski definition) is 2. The molecule has 2 N–H and O–H groups in total. The molecular formula is C13H20N2O2S. The first-order chi connectivity index (χ1) is 8.62. The Balaban J connectivity index is 2.15. The number of hydrogen-bond acceptors (Lipinski definition) is 3. The fourth-order valence-electron chi connectivity index (χ4n) is 2.36. The zero-order valence-corrected chi connectivity index (χ0v) is 11.5. The lowest BCUT2D eigenvalue weighted by Crippen LogP contribution is -2.32. The van der Waals surface area contributed by atoms with E-state index in [1.54, 1.807) is 18.2 Å². The van der Waals surface area contributed by atoms with Crippen LogP contribution >= 0.6 is 0 Å². The zero-order valence-electron chi connectivity index (χ0n) is 10.6. The van der Waals surface area contributed by atoms with E-state index in [0.29, 0.717) is 11.4 Å². The summed E-state index contributed by atoms with van der Waals surface area (Å²) in [6, 6.07) is 7.20. The Kier molecular flexibility index (Phi) is 4.37. The molecule has 0 aliphatic heterocycles. The molecule has 1 aromatic rings. The van der Waals surface area contributed by atoms with Crippen LogP contribution < -0.4 is 10.0 Å². The predicted octanol–water partition coefficient (Wildman–Crippen LogP) is 1.63. The molecule has 1 aromatic carbocycles. The van der Waals surface area contributed by atoms with Gasteiger partial charge in [-0.25, -0.2) is 13.1 Å². The molecule has 1 aliphatic carbocycles. The molecule has 4 nitrogen and oxygen atoms in total. The van der Waals surface area contributed by atoms with Crippen LogP contribution in [-0.2, 0) is 16.6 Å². The van der Waals surface area contributed by atoms with Crippen molar-refractivity contribution in [2.45, 2.75) is 43.2 Å². The van der Waals surface area contributed by atoms with Crippen molar-refractivity contribution >= 4 is 10.0 Å². The van der Waals surface area contributed by atoms with Crippen LogP contribution in [0.4, 0.5) is 0 Å². The summed E-state index contributed by atoms with van der Waals surface area (Å²) < 4.78 is 27.2. The molecule has 0 saturated heterocycles. The van der Waals surface area contributed by atoms with Gasteiger partial charge in [0, 0.05) is 12.6 Å². The molecule has 0 aromatic heterocycles. The fraction of sp³-hybridized carbons (Fsp3) is 0.538. The Labute approximate surface area is 109 Å². The Morgan fingerprint density at radius 1 is 1.28 bits per heavy atom. The molecule has 0 radical (unpaired) electrons. The Morgan fingerprint density at radius 3 is 2.67 bits per heavy atom. The van der Waals surface area contributed by atoms with E-state index in [4.69, 9.17) is 0 Å². The van der Waals surface area contributed by atoms with Crippen LogP contribution in [0.25, 0.3) is 0 Å². The summed E-state index contributed by atoms with van der Waals surface area (Å²) in [5, 5.41) is 3.02. The molecular weight excluding hydrogens is 248 g/mol. The quantitative estimate of drug-likeness (QED) is 0.853. The van der Waals surface area contributed by atoms with Gasteiger partial charge in [-0.1, -0.05) is 25.0 Å². The first kappa shape index (κ1) is 13.5. The van der Waals surface area contributed by atoms with Gasteiger partial charge >= 0.3 is 0 Å². The van der Waals surface area contributed by atoms with Crippen LogP contribution in [0.5, 0.6) is 0 Å². The minimum absolute atomic E-state index is 0.114. The molecule has 0 unspecified atom stereocenters. The maximum atomic E-state index is 12.2. The van der Waals surface area contributed by atoms with Gasteiger partial charge in [0.15, 0.2) is 0 Å². The second-order valence-corrected chi connectivity index (χ2v) is 6.49. The molecule has 5 heteroatoms. The van der Waals surface area contributed by atoms with Crippen molar-refractivity contribution in [3.63, 3.8) is 0 Å². The van der Waals surface area contributed by atoms with Gasteiger partial charge in [0.05, 0.1) is 4.90 Å². The topological polar surface area (TPSA) is 58.2 Å². The van der Waals surface area contributed by atoms with Crippen molar-refractivity contribution in [1.29, 1.82) is 0 Å². The van der Waals surface area contributed by atoms with Crippen molar-refractivity contribution in [2.75, 3.05) is 7.05 Å². The lowest BCUT2D eigenvalue weighted by molar-refractivity contribution is 0.552. The SMILES string of the molecule is CNCc1cccc(S(=O)(=O)NC2CCCC2)c1. The molecule has 2 rings (SSSR count). The van der Waals surface area contributed by atoms with Gasteiger partial charge in [-0.15, -0.1) is 0 Å². The highest BCUT2D eigenvalue weighted by molar-refractivity contribution is 7.89. The fourth-order valence-corrected chi connectivity index (χ4v) is 3.73. The molecule has 100 valence electrons. The van der Waals surface area contributed by atoms with Crippen LogP contribution in [0.2, 0.25) is 0 Å². The van der Waals surface area contributed by atoms with Gasteiger partial charge in [-0.05, 0) is 37.6 Å². The minimum atomic E-state index is -3.36. The number of rotatable bonds is 5. The lowest BCUT2D eigenvalue weighted by atomic mass is 10.2. The third kappa shape index (κ3) is 3.31.